The van der Waals surface area contributed by atoms with Gasteiger partial charge in [-0.15, -0.1) is 0 Å². The van der Waals surface area contributed by atoms with Crippen LogP contribution in [0.25, 0.3) is 0 Å². The maximum absolute atomic E-state index is 12.2. The first-order valence-electron chi connectivity index (χ1n) is 7.57. The second kappa shape index (κ2) is 8.56. The molecule has 0 spiro atoms. The van der Waals surface area contributed by atoms with Crippen LogP contribution in [0.1, 0.15) is 18.9 Å². The second-order valence-corrected chi connectivity index (χ2v) is 6.72. The number of nitrogens with one attached hydrogen (secondary N) is 1. The van der Waals surface area contributed by atoms with Crippen molar-refractivity contribution in [2.75, 3.05) is 16.8 Å². The van der Waals surface area contributed by atoms with E-state index in [1.807, 2.05) is 13.0 Å². The summed E-state index contributed by atoms with van der Waals surface area (Å²) in [5, 5.41) is 3.98. The fourth-order valence-corrected chi connectivity index (χ4v) is 2.87. The summed E-state index contributed by atoms with van der Waals surface area (Å²) in [6, 6.07) is 10.3. The molecule has 7 heteroatoms. The number of aryl methyl sites for hydroxylation is 1. The Morgan fingerprint density at radius 2 is 1.84 bits per heavy atom. The molecule has 0 heterocycles. The average Bonchev–Trinajstić information content (AvgIpc) is 2.54. The van der Waals surface area contributed by atoms with Gasteiger partial charge in [0.25, 0.3) is 0 Å². The molecule has 25 heavy (non-hydrogen) atoms. The SMILES string of the molecule is CC(=O)N(CCC(=O)Nc1cc(Cl)ccc1C)c1cccc(Cl)c1Cl. The van der Waals surface area contributed by atoms with Crippen LogP contribution in [0.15, 0.2) is 36.4 Å². The number of halogens is 3. The molecule has 1 N–H and O–H groups in total. The molecule has 0 aromatic heterocycles. The minimum atomic E-state index is -0.227. The Labute approximate surface area is 161 Å². The van der Waals surface area contributed by atoms with Crippen LogP contribution in [-0.2, 0) is 9.59 Å². The van der Waals surface area contributed by atoms with Crippen LogP contribution in [0.2, 0.25) is 15.1 Å². The maximum Gasteiger partial charge on any atom is 0.226 e. The molecule has 0 aliphatic rings. The molecule has 0 saturated heterocycles. The number of hydrogen-bond donors (Lipinski definition) is 1. The number of nitrogens with zero attached hydrogens (tertiary/aromatic N) is 1. The summed E-state index contributed by atoms with van der Waals surface area (Å²) in [5.41, 5.74) is 2.03. The van der Waals surface area contributed by atoms with Gasteiger partial charge in [-0.2, -0.15) is 0 Å². The third kappa shape index (κ3) is 5.11. The number of carbonyl (C=O) groups excluding carboxylic acids is 2. The Hall–Kier alpha value is -1.75. The number of carbonyl (C=O) groups is 2. The summed E-state index contributed by atoms with van der Waals surface area (Å²) in [6.45, 7) is 3.47. The number of hydrogen-bond acceptors (Lipinski definition) is 2. The molecule has 0 bridgehead atoms. The number of anilines is 2. The fourth-order valence-electron chi connectivity index (χ4n) is 2.30. The smallest absolute Gasteiger partial charge is 0.226 e. The summed E-state index contributed by atoms with van der Waals surface area (Å²) in [7, 11) is 0. The van der Waals surface area contributed by atoms with Gasteiger partial charge in [-0.25, -0.2) is 0 Å². The first-order valence-corrected chi connectivity index (χ1v) is 8.71. The molecule has 0 radical (unpaired) electrons. The quantitative estimate of drug-likeness (QED) is 0.738. The molecule has 0 aliphatic heterocycles. The average molecular weight is 400 g/mol. The van der Waals surface area contributed by atoms with E-state index in [4.69, 9.17) is 34.8 Å². The van der Waals surface area contributed by atoms with Gasteiger partial charge in [0, 0.05) is 30.6 Å². The van der Waals surface area contributed by atoms with E-state index in [1.54, 1.807) is 30.3 Å². The lowest BCUT2D eigenvalue weighted by molar-refractivity contribution is -0.117. The molecule has 2 aromatic carbocycles. The van der Waals surface area contributed by atoms with E-state index in [9.17, 15) is 9.59 Å². The van der Waals surface area contributed by atoms with Gasteiger partial charge < -0.3 is 10.2 Å². The topological polar surface area (TPSA) is 49.4 Å². The van der Waals surface area contributed by atoms with Crippen molar-refractivity contribution >= 4 is 58.0 Å². The summed E-state index contributed by atoms with van der Waals surface area (Å²) >= 11 is 18.1. The van der Waals surface area contributed by atoms with Crippen LogP contribution in [0.3, 0.4) is 0 Å². The normalized spacial score (nSPS) is 10.4. The predicted octanol–water partition coefficient (Wildman–Crippen LogP) is 5.34. The minimum Gasteiger partial charge on any atom is -0.326 e. The van der Waals surface area contributed by atoms with E-state index in [-0.39, 0.29) is 29.8 Å². The highest BCUT2D eigenvalue weighted by Crippen LogP contribution is 2.32. The Morgan fingerprint density at radius 3 is 2.52 bits per heavy atom. The molecule has 0 saturated carbocycles. The Balaban J connectivity index is 2.08. The van der Waals surface area contributed by atoms with Gasteiger partial charge in [0.2, 0.25) is 11.8 Å². The molecular weight excluding hydrogens is 383 g/mol. The molecule has 2 amide bonds. The first kappa shape index (κ1) is 19.6. The lowest BCUT2D eigenvalue weighted by Crippen LogP contribution is -2.32. The molecule has 2 rings (SSSR count). The van der Waals surface area contributed by atoms with Crippen LogP contribution in [0.5, 0.6) is 0 Å². The predicted molar refractivity (Wildman–Crippen MR) is 104 cm³/mol. The highest BCUT2D eigenvalue weighted by molar-refractivity contribution is 6.44. The van der Waals surface area contributed by atoms with Crippen LogP contribution in [-0.4, -0.2) is 18.4 Å². The van der Waals surface area contributed by atoms with Gasteiger partial charge in [-0.3, -0.25) is 9.59 Å². The Morgan fingerprint density at radius 1 is 1.12 bits per heavy atom. The van der Waals surface area contributed by atoms with Gasteiger partial charge in [0.15, 0.2) is 0 Å². The molecule has 0 unspecified atom stereocenters. The third-order valence-electron chi connectivity index (χ3n) is 3.64. The largest absolute Gasteiger partial charge is 0.326 e. The zero-order valence-electron chi connectivity index (χ0n) is 13.8. The Bertz CT molecular complexity index is 809. The zero-order valence-corrected chi connectivity index (χ0v) is 16.0. The number of amides is 2. The van der Waals surface area contributed by atoms with Crippen LogP contribution >= 0.6 is 34.8 Å². The fraction of sp³-hybridized carbons (Fsp3) is 0.222. The highest BCUT2D eigenvalue weighted by atomic mass is 35.5. The van der Waals surface area contributed by atoms with Crippen molar-refractivity contribution in [2.24, 2.45) is 0 Å². The van der Waals surface area contributed by atoms with Crippen molar-refractivity contribution in [3.63, 3.8) is 0 Å². The van der Waals surface area contributed by atoms with Crippen LogP contribution in [0.4, 0.5) is 11.4 Å². The summed E-state index contributed by atoms with van der Waals surface area (Å²) in [4.78, 5) is 25.6. The van der Waals surface area contributed by atoms with Crippen molar-refractivity contribution in [1.82, 2.24) is 0 Å². The monoisotopic (exact) mass is 398 g/mol. The highest BCUT2D eigenvalue weighted by Gasteiger charge is 2.18. The molecule has 0 fully saturated rings. The van der Waals surface area contributed by atoms with Crippen molar-refractivity contribution in [3.8, 4) is 0 Å². The molecule has 0 aliphatic carbocycles. The van der Waals surface area contributed by atoms with E-state index < -0.39 is 0 Å². The number of rotatable bonds is 5. The Kier molecular flexibility index (Phi) is 6.71. The van der Waals surface area contributed by atoms with Crippen molar-refractivity contribution < 1.29 is 9.59 Å². The van der Waals surface area contributed by atoms with Crippen molar-refractivity contribution in [3.05, 3.63) is 57.0 Å². The zero-order chi connectivity index (χ0) is 18.6. The lowest BCUT2D eigenvalue weighted by Gasteiger charge is -2.22. The van der Waals surface area contributed by atoms with Gasteiger partial charge >= 0.3 is 0 Å². The van der Waals surface area contributed by atoms with Gasteiger partial charge in [-0.05, 0) is 36.8 Å². The van der Waals surface area contributed by atoms with Gasteiger partial charge in [0.05, 0.1) is 15.7 Å². The summed E-state index contributed by atoms with van der Waals surface area (Å²) in [6.07, 6.45) is 0.106. The van der Waals surface area contributed by atoms with Gasteiger partial charge in [0.1, 0.15) is 0 Å². The summed E-state index contributed by atoms with van der Waals surface area (Å²) in [5.74, 6) is -0.453. The van der Waals surface area contributed by atoms with Crippen molar-refractivity contribution in [1.29, 1.82) is 0 Å². The van der Waals surface area contributed by atoms with Crippen molar-refractivity contribution in [2.45, 2.75) is 20.3 Å². The third-order valence-corrected chi connectivity index (χ3v) is 4.68. The molecule has 0 atom stereocenters. The molecule has 4 nitrogen and oxygen atoms in total. The first-order chi connectivity index (χ1) is 11.8. The second-order valence-electron chi connectivity index (χ2n) is 5.50. The van der Waals surface area contributed by atoms with E-state index in [0.717, 1.165) is 5.56 Å². The van der Waals surface area contributed by atoms with Gasteiger partial charge in [-0.1, -0.05) is 46.9 Å². The standard InChI is InChI=1S/C18H17Cl3N2O2/c1-11-6-7-13(19)10-15(11)22-17(25)8-9-23(12(2)24)16-5-3-4-14(20)18(16)21/h3-7,10H,8-9H2,1-2H3,(H,22,25). The van der Waals surface area contributed by atoms with E-state index >= 15 is 0 Å². The molecule has 2 aromatic rings. The van der Waals surface area contributed by atoms with E-state index in [2.05, 4.69) is 5.32 Å². The lowest BCUT2D eigenvalue weighted by atomic mass is 10.2. The minimum absolute atomic E-state index is 0.106. The van der Waals surface area contributed by atoms with Crippen LogP contribution in [0, 0.1) is 6.92 Å². The van der Waals surface area contributed by atoms with E-state index in [0.29, 0.717) is 21.4 Å². The summed E-state index contributed by atoms with van der Waals surface area (Å²) < 4.78 is 0. The maximum atomic E-state index is 12.2. The molecule has 132 valence electrons. The molecular formula is C18H17Cl3N2O2. The van der Waals surface area contributed by atoms with Crippen LogP contribution < -0.4 is 10.2 Å². The number of benzene rings is 2. The van der Waals surface area contributed by atoms with E-state index in [1.165, 1.54) is 11.8 Å².